The Kier molecular flexibility index (Phi) is 6.10. The van der Waals surface area contributed by atoms with Crippen molar-refractivity contribution in [2.24, 2.45) is 0 Å². The van der Waals surface area contributed by atoms with Crippen molar-refractivity contribution >= 4 is 22.6 Å². The fourth-order valence-corrected chi connectivity index (χ4v) is 3.05. The van der Waals surface area contributed by atoms with Crippen molar-refractivity contribution in [2.75, 3.05) is 13.1 Å². The summed E-state index contributed by atoms with van der Waals surface area (Å²) in [4.78, 5) is 2.65. The van der Waals surface area contributed by atoms with Gasteiger partial charge in [-0.15, -0.1) is 0 Å². The van der Waals surface area contributed by atoms with E-state index in [1.807, 2.05) is 0 Å². The second kappa shape index (κ2) is 7.60. The largest absolute Gasteiger partial charge is 0.313 e. The first-order valence-electron chi connectivity index (χ1n) is 7.37. The van der Waals surface area contributed by atoms with E-state index in [-0.39, 0.29) is 0 Å². The van der Waals surface area contributed by atoms with Crippen LogP contribution in [0.5, 0.6) is 0 Å². The zero-order chi connectivity index (χ0) is 13.7. The fraction of sp³-hybridized carbons (Fsp3) is 0.625. The highest BCUT2D eigenvalue weighted by atomic mass is 127. The number of benzene rings is 1. The molecule has 19 heavy (non-hydrogen) atoms. The molecule has 0 saturated carbocycles. The van der Waals surface area contributed by atoms with Gasteiger partial charge >= 0.3 is 0 Å². The first-order chi connectivity index (χ1) is 9.15. The number of rotatable bonds is 5. The first-order valence-corrected chi connectivity index (χ1v) is 8.45. The summed E-state index contributed by atoms with van der Waals surface area (Å²) in [7, 11) is 0. The highest BCUT2D eigenvalue weighted by molar-refractivity contribution is 14.1. The highest BCUT2D eigenvalue weighted by Gasteiger charge is 2.22. The van der Waals surface area contributed by atoms with E-state index in [2.05, 4.69) is 70.9 Å². The Morgan fingerprint density at radius 3 is 2.68 bits per heavy atom. The van der Waals surface area contributed by atoms with E-state index in [4.69, 9.17) is 0 Å². The lowest BCUT2D eigenvalue weighted by molar-refractivity contribution is 0.136. The lowest BCUT2D eigenvalue weighted by atomic mass is 10.0. The molecule has 2 nitrogen and oxygen atoms in total. The summed E-state index contributed by atoms with van der Waals surface area (Å²) in [6.45, 7) is 7.93. The Labute approximate surface area is 131 Å². The Morgan fingerprint density at radius 1 is 1.26 bits per heavy atom. The van der Waals surface area contributed by atoms with Crippen LogP contribution in [-0.4, -0.2) is 30.1 Å². The Bertz CT molecular complexity index is 375. The van der Waals surface area contributed by atoms with E-state index in [9.17, 15) is 0 Å². The zero-order valence-corrected chi connectivity index (χ0v) is 14.2. The Balaban J connectivity index is 1.93. The van der Waals surface area contributed by atoms with Crippen LogP contribution < -0.4 is 5.32 Å². The van der Waals surface area contributed by atoms with Gasteiger partial charge in [0.1, 0.15) is 0 Å². The summed E-state index contributed by atoms with van der Waals surface area (Å²) >= 11 is 2.37. The van der Waals surface area contributed by atoms with Gasteiger partial charge in [-0.2, -0.15) is 0 Å². The molecule has 0 aliphatic carbocycles. The molecule has 0 aromatic heterocycles. The molecule has 0 amide bonds. The summed E-state index contributed by atoms with van der Waals surface area (Å²) in [5.74, 6) is 0. The molecule has 1 saturated heterocycles. The number of hydrogen-bond donors (Lipinski definition) is 1. The minimum atomic E-state index is 0.585. The van der Waals surface area contributed by atoms with Crippen LogP contribution in [0, 0.1) is 3.57 Å². The zero-order valence-electron chi connectivity index (χ0n) is 12.0. The quantitative estimate of drug-likeness (QED) is 0.794. The van der Waals surface area contributed by atoms with Crippen molar-refractivity contribution in [1.82, 2.24) is 10.2 Å². The van der Waals surface area contributed by atoms with Gasteiger partial charge in [-0.05, 0) is 59.7 Å². The maximum absolute atomic E-state index is 3.60. The van der Waals surface area contributed by atoms with E-state index >= 15 is 0 Å². The lowest BCUT2D eigenvalue weighted by Gasteiger charge is -2.36. The van der Waals surface area contributed by atoms with Gasteiger partial charge in [0.2, 0.25) is 0 Å². The van der Waals surface area contributed by atoms with Gasteiger partial charge in [0.05, 0.1) is 0 Å². The minimum absolute atomic E-state index is 0.585. The third-order valence-corrected chi connectivity index (χ3v) is 4.53. The average molecular weight is 372 g/mol. The molecule has 3 heteroatoms. The molecule has 1 N–H and O–H groups in total. The number of nitrogens with zero attached hydrogens (tertiary/aromatic N) is 1. The summed E-state index contributed by atoms with van der Waals surface area (Å²) in [6, 6.07) is 10.2. The molecule has 1 aliphatic heterocycles. The van der Waals surface area contributed by atoms with Gasteiger partial charge in [0, 0.05) is 28.7 Å². The van der Waals surface area contributed by atoms with Crippen LogP contribution in [0.25, 0.3) is 0 Å². The third-order valence-electron chi connectivity index (χ3n) is 3.81. The number of hydrogen-bond acceptors (Lipinski definition) is 2. The second-order valence-corrected chi connectivity index (χ2v) is 7.06. The Hall–Kier alpha value is -0.130. The van der Waals surface area contributed by atoms with E-state index in [0.29, 0.717) is 12.1 Å². The van der Waals surface area contributed by atoms with Crippen molar-refractivity contribution in [3.63, 3.8) is 0 Å². The Morgan fingerprint density at radius 2 is 2.00 bits per heavy atom. The van der Waals surface area contributed by atoms with Crippen LogP contribution in [0.15, 0.2) is 24.3 Å². The molecule has 1 aromatic carbocycles. The lowest BCUT2D eigenvalue weighted by Crippen LogP contribution is -2.46. The molecule has 1 heterocycles. The topological polar surface area (TPSA) is 15.3 Å². The molecule has 1 atom stereocenters. The fourth-order valence-electron chi connectivity index (χ4n) is 2.70. The van der Waals surface area contributed by atoms with Crippen LogP contribution in [0.2, 0.25) is 0 Å². The van der Waals surface area contributed by atoms with Gasteiger partial charge in [0.25, 0.3) is 0 Å². The monoisotopic (exact) mass is 372 g/mol. The number of nitrogens with one attached hydrogen (secondary N) is 1. The average Bonchev–Trinajstić information content (AvgIpc) is 2.40. The molecule has 0 bridgehead atoms. The number of piperidine rings is 1. The maximum atomic E-state index is 3.60. The van der Waals surface area contributed by atoms with Crippen LogP contribution in [-0.2, 0) is 6.54 Å². The molecule has 0 radical (unpaired) electrons. The normalized spacial score (nSPS) is 20.9. The highest BCUT2D eigenvalue weighted by Crippen LogP contribution is 2.19. The maximum Gasteiger partial charge on any atom is 0.0237 e. The van der Waals surface area contributed by atoms with Gasteiger partial charge in [-0.3, -0.25) is 4.90 Å². The van der Waals surface area contributed by atoms with Gasteiger partial charge in [-0.25, -0.2) is 0 Å². The predicted octanol–water partition coefficient (Wildman–Crippen LogP) is 3.64. The minimum Gasteiger partial charge on any atom is -0.313 e. The molecule has 1 fully saturated rings. The summed E-state index contributed by atoms with van der Waals surface area (Å²) in [6.07, 6.45) is 4.07. The standard InChI is InChI=1S/C16H25IN2/c1-13(2)18-11-16-5-3-4-10-19(16)12-14-6-8-15(17)9-7-14/h6-9,13,16,18H,3-5,10-12H2,1-2H3. The molecular weight excluding hydrogens is 347 g/mol. The first kappa shape index (κ1) is 15.3. The van der Waals surface area contributed by atoms with Crippen molar-refractivity contribution in [3.8, 4) is 0 Å². The summed E-state index contributed by atoms with van der Waals surface area (Å²) in [5, 5.41) is 3.60. The number of likely N-dealkylation sites (tertiary alicyclic amines) is 1. The van der Waals surface area contributed by atoms with Crippen LogP contribution in [0.1, 0.15) is 38.7 Å². The van der Waals surface area contributed by atoms with Crippen molar-refractivity contribution in [1.29, 1.82) is 0 Å². The third kappa shape index (κ3) is 5.04. The van der Waals surface area contributed by atoms with Gasteiger partial charge in [0.15, 0.2) is 0 Å². The SMILES string of the molecule is CC(C)NCC1CCCCN1Cc1ccc(I)cc1. The van der Waals surface area contributed by atoms with Crippen LogP contribution in [0.3, 0.4) is 0 Å². The van der Waals surface area contributed by atoms with Crippen molar-refractivity contribution in [2.45, 2.75) is 51.7 Å². The molecular formula is C16H25IN2. The van der Waals surface area contributed by atoms with Gasteiger partial charge in [-0.1, -0.05) is 32.4 Å². The molecule has 1 aromatic rings. The van der Waals surface area contributed by atoms with Crippen LogP contribution in [0.4, 0.5) is 0 Å². The van der Waals surface area contributed by atoms with Crippen LogP contribution >= 0.6 is 22.6 Å². The molecule has 0 spiro atoms. The smallest absolute Gasteiger partial charge is 0.0237 e. The predicted molar refractivity (Wildman–Crippen MR) is 90.3 cm³/mol. The van der Waals surface area contributed by atoms with Gasteiger partial charge < -0.3 is 5.32 Å². The molecule has 2 rings (SSSR count). The van der Waals surface area contributed by atoms with E-state index < -0.39 is 0 Å². The van der Waals surface area contributed by atoms with E-state index in [1.54, 1.807) is 0 Å². The molecule has 1 aliphatic rings. The second-order valence-electron chi connectivity index (χ2n) is 5.81. The molecule has 106 valence electrons. The van der Waals surface area contributed by atoms with E-state index in [0.717, 1.165) is 13.1 Å². The summed E-state index contributed by atoms with van der Waals surface area (Å²) < 4.78 is 1.32. The summed E-state index contributed by atoms with van der Waals surface area (Å²) in [5.41, 5.74) is 1.44. The molecule has 1 unspecified atom stereocenters. The van der Waals surface area contributed by atoms with Crippen molar-refractivity contribution < 1.29 is 0 Å². The number of halogens is 1. The van der Waals surface area contributed by atoms with Crippen molar-refractivity contribution in [3.05, 3.63) is 33.4 Å². The van der Waals surface area contributed by atoms with E-state index in [1.165, 1.54) is 34.9 Å².